The molecule has 2 aromatic rings. The van der Waals surface area contributed by atoms with Gasteiger partial charge in [-0.3, -0.25) is 9.59 Å². The molecule has 0 aliphatic carbocycles. The number of carbonyl (C=O) groups excluding carboxylic acids is 2. The minimum atomic E-state index is -0.553. The average Bonchev–Trinajstić information content (AvgIpc) is 2.68. The quantitative estimate of drug-likeness (QED) is 0.421. The molecule has 2 aromatic carbocycles. The van der Waals surface area contributed by atoms with Crippen LogP contribution in [0, 0.1) is 0 Å². The Balaban J connectivity index is 1.76. The highest BCUT2D eigenvalue weighted by molar-refractivity contribution is 5.97. The molecule has 27 heavy (non-hydrogen) atoms. The van der Waals surface area contributed by atoms with Crippen LogP contribution in [-0.4, -0.2) is 38.5 Å². The summed E-state index contributed by atoms with van der Waals surface area (Å²) in [4.78, 5) is 23.4. The Bertz CT molecular complexity index is 780. The van der Waals surface area contributed by atoms with E-state index < -0.39 is 18.2 Å². The normalized spacial score (nSPS) is 10.7. The second-order valence-electron chi connectivity index (χ2n) is 5.32. The topological polar surface area (TPSA) is 101 Å². The summed E-state index contributed by atoms with van der Waals surface area (Å²) in [5.41, 5.74) is 6.07. The van der Waals surface area contributed by atoms with Crippen LogP contribution in [0.1, 0.15) is 17.5 Å². The van der Waals surface area contributed by atoms with Gasteiger partial charge in [-0.2, -0.15) is 10.2 Å². The van der Waals surface area contributed by atoms with Gasteiger partial charge in [0, 0.05) is 0 Å². The van der Waals surface area contributed by atoms with Crippen molar-refractivity contribution in [2.24, 2.45) is 10.2 Å². The van der Waals surface area contributed by atoms with Crippen molar-refractivity contribution in [2.45, 2.75) is 6.42 Å². The fourth-order valence-corrected chi connectivity index (χ4v) is 2.03. The highest BCUT2D eigenvalue weighted by Crippen LogP contribution is 2.11. The molecule has 0 aliphatic heterocycles. The van der Waals surface area contributed by atoms with Gasteiger partial charge in [0.15, 0.2) is 0 Å². The van der Waals surface area contributed by atoms with Gasteiger partial charge in [-0.15, -0.1) is 0 Å². The molecule has 0 aliphatic rings. The van der Waals surface area contributed by atoms with Crippen LogP contribution in [0.3, 0.4) is 0 Å². The zero-order chi connectivity index (χ0) is 19.5. The van der Waals surface area contributed by atoms with Crippen molar-refractivity contribution < 1.29 is 19.1 Å². The number of ether oxygens (including phenoxy) is 2. The molecule has 2 amide bonds. The van der Waals surface area contributed by atoms with Gasteiger partial charge in [-0.1, -0.05) is 24.3 Å². The second-order valence-corrected chi connectivity index (χ2v) is 5.32. The number of nitrogens with zero attached hydrogens (tertiary/aromatic N) is 2. The monoisotopic (exact) mass is 368 g/mol. The number of hydrogen-bond acceptors (Lipinski definition) is 6. The Kier molecular flexibility index (Phi) is 7.52. The third kappa shape index (κ3) is 6.99. The summed E-state index contributed by atoms with van der Waals surface area (Å²) < 4.78 is 10.2. The van der Waals surface area contributed by atoms with E-state index in [4.69, 9.17) is 9.47 Å². The number of rotatable bonds is 8. The summed E-state index contributed by atoms with van der Waals surface area (Å²) in [5, 5.41) is 7.61. The molecular formula is C19H20N4O4. The van der Waals surface area contributed by atoms with Crippen molar-refractivity contribution in [1.29, 1.82) is 0 Å². The zero-order valence-corrected chi connectivity index (χ0v) is 15.0. The third-order valence-corrected chi connectivity index (χ3v) is 3.31. The van der Waals surface area contributed by atoms with E-state index in [9.17, 15) is 9.59 Å². The summed E-state index contributed by atoms with van der Waals surface area (Å²) >= 11 is 0. The van der Waals surface area contributed by atoms with Crippen LogP contribution >= 0.6 is 0 Å². The molecule has 2 rings (SSSR count). The van der Waals surface area contributed by atoms with Gasteiger partial charge in [-0.05, 0) is 35.4 Å². The van der Waals surface area contributed by atoms with Crippen molar-refractivity contribution in [3.05, 3.63) is 59.7 Å². The van der Waals surface area contributed by atoms with E-state index >= 15 is 0 Å². The van der Waals surface area contributed by atoms with E-state index in [-0.39, 0.29) is 0 Å². The summed E-state index contributed by atoms with van der Waals surface area (Å²) in [5.74, 6) is 0.253. The van der Waals surface area contributed by atoms with E-state index in [1.54, 1.807) is 62.8 Å². The van der Waals surface area contributed by atoms with E-state index in [1.165, 1.54) is 12.4 Å². The van der Waals surface area contributed by atoms with Crippen LogP contribution in [0.5, 0.6) is 11.5 Å². The summed E-state index contributed by atoms with van der Waals surface area (Å²) in [7, 11) is 3.13. The minimum absolute atomic E-state index is 0.398. The molecule has 0 aromatic heterocycles. The Hall–Kier alpha value is -3.68. The van der Waals surface area contributed by atoms with Crippen molar-refractivity contribution in [3.8, 4) is 11.5 Å². The number of hydrogen-bond donors (Lipinski definition) is 2. The average molecular weight is 368 g/mol. The molecule has 2 N–H and O–H groups in total. The number of nitrogens with one attached hydrogen (secondary N) is 2. The lowest BCUT2D eigenvalue weighted by atomic mass is 10.2. The van der Waals surface area contributed by atoms with E-state index in [0.29, 0.717) is 11.5 Å². The van der Waals surface area contributed by atoms with Crippen molar-refractivity contribution in [1.82, 2.24) is 10.9 Å². The standard InChI is InChI=1S/C19H20N4O4/c1-26-16-7-3-5-14(9-16)12-20-22-18(24)11-19(25)23-21-13-15-6-4-8-17(10-15)27-2/h3-10,12-13H,11H2,1-2H3,(H,22,24)(H,23,25)/b20-12+,21-13+. The minimum Gasteiger partial charge on any atom is -0.497 e. The number of methoxy groups -OCH3 is 2. The number of benzene rings is 2. The summed E-state index contributed by atoms with van der Waals surface area (Å²) in [6.07, 6.45) is 2.52. The predicted octanol–water partition coefficient (Wildman–Crippen LogP) is 1.69. The molecule has 0 atom stereocenters. The largest absolute Gasteiger partial charge is 0.497 e. The Morgan fingerprint density at radius 2 is 1.30 bits per heavy atom. The fourth-order valence-electron chi connectivity index (χ4n) is 2.03. The number of amides is 2. The van der Waals surface area contributed by atoms with Crippen molar-refractivity contribution in [2.75, 3.05) is 14.2 Å². The number of carbonyl (C=O) groups is 2. The van der Waals surface area contributed by atoms with E-state index in [1.807, 2.05) is 0 Å². The van der Waals surface area contributed by atoms with E-state index in [2.05, 4.69) is 21.1 Å². The predicted molar refractivity (Wildman–Crippen MR) is 102 cm³/mol. The fraction of sp³-hybridized carbons (Fsp3) is 0.158. The lowest BCUT2D eigenvalue weighted by molar-refractivity contribution is -0.129. The first-order valence-corrected chi connectivity index (χ1v) is 8.02. The highest BCUT2D eigenvalue weighted by atomic mass is 16.5. The second kappa shape index (κ2) is 10.3. The molecule has 0 radical (unpaired) electrons. The zero-order valence-electron chi connectivity index (χ0n) is 15.0. The lowest BCUT2D eigenvalue weighted by Gasteiger charge is -2.01. The Morgan fingerprint density at radius 1 is 0.852 bits per heavy atom. The lowest BCUT2D eigenvalue weighted by Crippen LogP contribution is -2.27. The molecule has 0 fully saturated rings. The van der Waals surface area contributed by atoms with Crippen LogP contribution < -0.4 is 20.3 Å². The maximum atomic E-state index is 11.7. The van der Waals surface area contributed by atoms with Crippen LogP contribution in [0.15, 0.2) is 58.7 Å². The highest BCUT2D eigenvalue weighted by Gasteiger charge is 2.07. The van der Waals surface area contributed by atoms with Gasteiger partial charge in [0.25, 0.3) is 0 Å². The van der Waals surface area contributed by atoms with Crippen LogP contribution in [0.4, 0.5) is 0 Å². The van der Waals surface area contributed by atoms with Gasteiger partial charge in [0.2, 0.25) is 11.8 Å². The SMILES string of the molecule is COc1cccc(/C=N/NC(=O)CC(=O)N/N=C/c2cccc(OC)c2)c1. The first-order valence-electron chi connectivity index (χ1n) is 8.02. The summed E-state index contributed by atoms with van der Waals surface area (Å²) in [6, 6.07) is 14.3. The van der Waals surface area contributed by atoms with Gasteiger partial charge < -0.3 is 9.47 Å². The number of hydrazone groups is 2. The Labute approximate surface area is 156 Å². The molecule has 8 nitrogen and oxygen atoms in total. The van der Waals surface area contributed by atoms with E-state index in [0.717, 1.165) is 11.1 Å². The molecule has 0 heterocycles. The molecule has 140 valence electrons. The van der Waals surface area contributed by atoms with Gasteiger partial charge in [0.05, 0.1) is 26.6 Å². The van der Waals surface area contributed by atoms with Crippen LogP contribution in [-0.2, 0) is 9.59 Å². The van der Waals surface area contributed by atoms with Gasteiger partial charge in [-0.25, -0.2) is 10.9 Å². The maximum Gasteiger partial charge on any atom is 0.249 e. The molecule has 0 spiro atoms. The molecule has 0 bridgehead atoms. The van der Waals surface area contributed by atoms with Crippen molar-refractivity contribution >= 4 is 24.2 Å². The van der Waals surface area contributed by atoms with Gasteiger partial charge >= 0.3 is 0 Å². The molecule has 8 heteroatoms. The molecular weight excluding hydrogens is 348 g/mol. The van der Waals surface area contributed by atoms with Crippen LogP contribution in [0.2, 0.25) is 0 Å². The van der Waals surface area contributed by atoms with Crippen molar-refractivity contribution in [3.63, 3.8) is 0 Å². The summed E-state index contributed by atoms with van der Waals surface area (Å²) in [6.45, 7) is 0. The first-order chi connectivity index (χ1) is 13.1. The third-order valence-electron chi connectivity index (χ3n) is 3.31. The Morgan fingerprint density at radius 3 is 1.70 bits per heavy atom. The first kappa shape index (κ1) is 19.6. The smallest absolute Gasteiger partial charge is 0.249 e. The maximum absolute atomic E-state index is 11.7. The van der Waals surface area contributed by atoms with Crippen LogP contribution in [0.25, 0.3) is 0 Å². The molecule has 0 saturated carbocycles. The molecule has 0 unspecified atom stereocenters. The van der Waals surface area contributed by atoms with Gasteiger partial charge in [0.1, 0.15) is 17.9 Å². The molecule has 0 saturated heterocycles.